The molecule has 6 heteroatoms. The number of aliphatic hydroxyl groups is 1. The summed E-state index contributed by atoms with van der Waals surface area (Å²) in [5.74, 6) is -1.06. The van der Waals surface area contributed by atoms with E-state index in [9.17, 15) is 14.7 Å². The Morgan fingerprint density at radius 2 is 2.08 bits per heavy atom. The van der Waals surface area contributed by atoms with E-state index < -0.39 is 24.1 Å². The molecule has 132 valence electrons. The van der Waals surface area contributed by atoms with Gasteiger partial charge in [-0.05, 0) is 41.8 Å². The van der Waals surface area contributed by atoms with Gasteiger partial charge in [0.05, 0.1) is 30.1 Å². The Hall–Kier alpha value is -2.86. The van der Waals surface area contributed by atoms with E-state index in [0.29, 0.717) is 17.6 Å². The van der Waals surface area contributed by atoms with E-state index in [1.807, 2.05) is 6.92 Å². The molecule has 0 amide bonds. The second-order valence-electron chi connectivity index (χ2n) is 6.92. The topological polar surface area (TPSA) is 86.0 Å². The van der Waals surface area contributed by atoms with Crippen molar-refractivity contribution in [2.45, 2.75) is 31.5 Å². The molecule has 3 heterocycles. The molecule has 2 aromatic rings. The number of carbonyl (C=O) groups is 2. The molecule has 0 spiro atoms. The molecule has 26 heavy (non-hydrogen) atoms. The summed E-state index contributed by atoms with van der Waals surface area (Å²) in [7, 11) is 0. The number of hydrogen-bond acceptors (Lipinski definition) is 6. The Morgan fingerprint density at radius 3 is 2.85 bits per heavy atom. The van der Waals surface area contributed by atoms with E-state index >= 15 is 0 Å². The molecule has 0 radical (unpaired) electrons. The maximum atomic E-state index is 12.5. The van der Waals surface area contributed by atoms with Crippen LogP contribution in [0.25, 0.3) is 0 Å². The van der Waals surface area contributed by atoms with E-state index in [2.05, 4.69) is 0 Å². The Morgan fingerprint density at radius 1 is 1.23 bits per heavy atom. The smallest absolute Gasteiger partial charge is 0.339 e. The number of carbonyl (C=O) groups excluding carboxylic acids is 2. The third kappa shape index (κ3) is 2.02. The summed E-state index contributed by atoms with van der Waals surface area (Å²) in [6.45, 7) is 2.16. The molecule has 1 fully saturated rings. The van der Waals surface area contributed by atoms with Gasteiger partial charge in [-0.3, -0.25) is 0 Å². The van der Waals surface area contributed by atoms with Crippen LogP contribution in [-0.2, 0) is 20.7 Å². The molecule has 6 nitrogen and oxygen atoms in total. The van der Waals surface area contributed by atoms with Crippen LogP contribution in [0.15, 0.2) is 40.7 Å². The van der Waals surface area contributed by atoms with Gasteiger partial charge in [0, 0.05) is 23.1 Å². The van der Waals surface area contributed by atoms with Crippen LogP contribution in [0.4, 0.5) is 0 Å². The molecular formula is C20H16O6. The number of rotatable bonds is 1. The first-order chi connectivity index (χ1) is 12.5. The first-order valence-corrected chi connectivity index (χ1v) is 8.51. The SMILES string of the molecule is Cc1c2c(cc3c1[C@@H](c1ccoc1)OC3=O)[C@H]1COC(=O)C1=C[C@H](O)C2. The zero-order valence-electron chi connectivity index (χ0n) is 14.0. The summed E-state index contributed by atoms with van der Waals surface area (Å²) in [5.41, 5.74) is 5.25. The molecule has 3 atom stereocenters. The van der Waals surface area contributed by atoms with E-state index in [0.717, 1.165) is 27.8 Å². The Balaban J connectivity index is 1.73. The van der Waals surface area contributed by atoms with Crippen LogP contribution < -0.4 is 0 Å². The van der Waals surface area contributed by atoms with Crippen molar-refractivity contribution < 1.29 is 28.6 Å². The quantitative estimate of drug-likeness (QED) is 0.793. The zero-order valence-corrected chi connectivity index (χ0v) is 14.0. The minimum Gasteiger partial charge on any atom is -0.472 e. The molecule has 0 bridgehead atoms. The molecule has 5 rings (SSSR count). The largest absolute Gasteiger partial charge is 0.472 e. The van der Waals surface area contributed by atoms with Crippen molar-refractivity contribution in [3.63, 3.8) is 0 Å². The predicted molar refractivity (Wildman–Crippen MR) is 88.6 cm³/mol. The molecule has 2 aliphatic heterocycles. The summed E-state index contributed by atoms with van der Waals surface area (Å²) in [6.07, 6.45) is 3.78. The van der Waals surface area contributed by atoms with Crippen LogP contribution in [0.3, 0.4) is 0 Å². The lowest BCUT2D eigenvalue weighted by molar-refractivity contribution is -0.135. The van der Waals surface area contributed by atoms with E-state index in [-0.39, 0.29) is 12.5 Å². The van der Waals surface area contributed by atoms with Crippen molar-refractivity contribution in [3.8, 4) is 0 Å². The normalized spacial score (nSPS) is 26.4. The second-order valence-corrected chi connectivity index (χ2v) is 6.92. The molecule has 0 unspecified atom stereocenters. The van der Waals surface area contributed by atoms with Gasteiger partial charge in [-0.1, -0.05) is 0 Å². The lowest BCUT2D eigenvalue weighted by Gasteiger charge is -2.19. The number of furan rings is 1. The van der Waals surface area contributed by atoms with Crippen LogP contribution >= 0.6 is 0 Å². The standard InChI is InChI=1S/C20H16O6/c1-9-12-4-11(21)5-14-16(8-25-19(14)22)13(12)6-15-17(9)18(26-20(15)23)10-2-3-24-7-10/h2-3,5-7,11,16,18,21H,4,8H2,1H3/t11-,16-,18-/m1/s1. The fourth-order valence-electron chi connectivity index (χ4n) is 4.27. The zero-order chi connectivity index (χ0) is 18.0. The van der Waals surface area contributed by atoms with Crippen LogP contribution in [-0.4, -0.2) is 29.8 Å². The number of hydrogen-bond donors (Lipinski definition) is 1. The van der Waals surface area contributed by atoms with Gasteiger partial charge in [0.2, 0.25) is 0 Å². The predicted octanol–water partition coefficient (Wildman–Crippen LogP) is 2.33. The Bertz CT molecular complexity index is 969. The number of benzene rings is 1. The number of esters is 2. The third-order valence-electron chi connectivity index (χ3n) is 5.50. The lowest BCUT2D eigenvalue weighted by atomic mass is 9.83. The van der Waals surface area contributed by atoms with Crippen molar-refractivity contribution in [1.29, 1.82) is 0 Å². The van der Waals surface area contributed by atoms with Gasteiger partial charge in [0.25, 0.3) is 0 Å². The minimum atomic E-state index is -0.776. The maximum absolute atomic E-state index is 12.5. The average Bonchev–Trinajstić information content (AvgIpc) is 3.30. The van der Waals surface area contributed by atoms with E-state index in [1.54, 1.807) is 30.7 Å². The highest BCUT2D eigenvalue weighted by molar-refractivity contribution is 5.97. The van der Waals surface area contributed by atoms with Crippen molar-refractivity contribution in [2.24, 2.45) is 0 Å². The molecule has 0 saturated carbocycles. The van der Waals surface area contributed by atoms with E-state index in [1.165, 1.54) is 0 Å². The summed E-state index contributed by atoms with van der Waals surface area (Å²) in [6, 6.07) is 3.58. The third-order valence-corrected chi connectivity index (χ3v) is 5.50. The van der Waals surface area contributed by atoms with Gasteiger partial charge in [0.15, 0.2) is 6.10 Å². The monoisotopic (exact) mass is 352 g/mol. The number of cyclic esters (lactones) is 2. The maximum Gasteiger partial charge on any atom is 0.339 e. The van der Waals surface area contributed by atoms with Crippen LogP contribution in [0.1, 0.15) is 50.2 Å². The van der Waals surface area contributed by atoms with Crippen molar-refractivity contribution >= 4 is 11.9 Å². The Kier molecular flexibility index (Phi) is 3.15. The molecule has 1 aliphatic carbocycles. The second kappa shape index (κ2) is 5.32. The summed E-state index contributed by atoms with van der Waals surface area (Å²) >= 11 is 0. The highest BCUT2D eigenvalue weighted by Crippen LogP contribution is 2.45. The minimum absolute atomic E-state index is 0.225. The molecular weight excluding hydrogens is 336 g/mol. The Labute approximate surface area is 149 Å². The molecule has 1 saturated heterocycles. The number of ether oxygens (including phenoxy) is 2. The van der Waals surface area contributed by atoms with E-state index in [4.69, 9.17) is 13.9 Å². The van der Waals surface area contributed by atoms with Crippen molar-refractivity contribution in [3.05, 3.63) is 69.7 Å². The number of aliphatic hydroxyl groups excluding tert-OH is 1. The molecule has 3 aliphatic rings. The van der Waals surface area contributed by atoms with Crippen molar-refractivity contribution in [2.75, 3.05) is 6.61 Å². The van der Waals surface area contributed by atoms with Gasteiger partial charge in [-0.15, -0.1) is 0 Å². The van der Waals surface area contributed by atoms with Crippen molar-refractivity contribution in [1.82, 2.24) is 0 Å². The first kappa shape index (κ1) is 15.4. The van der Waals surface area contributed by atoms with Crippen LogP contribution in [0.2, 0.25) is 0 Å². The fourth-order valence-corrected chi connectivity index (χ4v) is 4.27. The van der Waals surface area contributed by atoms with Gasteiger partial charge < -0.3 is 19.0 Å². The first-order valence-electron chi connectivity index (χ1n) is 8.51. The highest BCUT2D eigenvalue weighted by Gasteiger charge is 2.41. The van der Waals surface area contributed by atoms with Gasteiger partial charge in [-0.25, -0.2) is 9.59 Å². The van der Waals surface area contributed by atoms with Gasteiger partial charge >= 0.3 is 11.9 Å². The molecule has 1 N–H and O–H groups in total. The van der Waals surface area contributed by atoms with Gasteiger partial charge in [-0.2, -0.15) is 0 Å². The summed E-state index contributed by atoms with van der Waals surface area (Å²) < 4.78 is 15.9. The number of fused-ring (bicyclic) bond motifs is 4. The van der Waals surface area contributed by atoms with Gasteiger partial charge in [0.1, 0.15) is 6.61 Å². The van der Waals surface area contributed by atoms with Crippen LogP contribution in [0, 0.1) is 6.92 Å². The molecule has 1 aromatic heterocycles. The van der Waals surface area contributed by atoms with Crippen LogP contribution in [0.5, 0.6) is 0 Å². The average molecular weight is 352 g/mol. The lowest BCUT2D eigenvalue weighted by Crippen LogP contribution is -2.12. The molecule has 1 aromatic carbocycles. The highest BCUT2D eigenvalue weighted by atomic mass is 16.6. The fraction of sp³-hybridized carbons (Fsp3) is 0.300. The summed E-state index contributed by atoms with van der Waals surface area (Å²) in [5, 5.41) is 10.4. The summed E-state index contributed by atoms with van der Waals surface area (Å²) in [4.78, 5) is 24.5.